The van der Waals surface area contributed by atoms with Gasteiger partial charge in [0.25, 0.3) is 10.0 Å². The molecule has 2 rings (SSSR count). The second-order valence-electron chi connectivity index (χ2n) is 4.31. The van der Waals surface area contributed by atoms with Crippen molar-refractivity contribution in [1.29, 1.82) is 0 Å². The van der Waals surface area contributed by atoms with Gasteiger partial charge in [-0.2, -0.15) is 4.31 Å². The maximum atomic E-state index is 12.3. The fourth-order valence-electron chi connectivity index (χ4n) is 2.01. The van der Waals surface area contributed by atoms with Gasteiger partial charge in [-0.25, -0.2) is 8.42 Å². The summed E-state index contributed by atoms with van der Waals surface area (Å²) in [7, 11) is -1.37. The minimum atomic E-state index is -3.23. The Hall–Kier alpha value is -0.430. The molecule has 17 heavy (non-hydrogen) atoms. The van der Waals surface area contributed by atoms with Gasteiger partial charge in [0.1, 0.15) is 4.21 Å². The van der Waals surface area contributed by atoms with Gasteiger partial charge in [0.15, 0.2) is 0 Å². The van der Waals surface area contributed by atoms with Crippen molar-refractivity contribution in [1.82, 2.24) is 9.62 Å². The Balaban J connectivity index is 2.29. The van der Waals surface area contributed by atoms with E-state index < -0.39 is 10.0 Å². The van der Waals surface area contributed by atoms with Crippen LogP contribution in [0.2, 0.25) is 0 Å². The second kappa shape index (κ2) is 5.06. The summed E-state index contributed by atoms with van der Waals surface area (Å²) in [5.41, 5.74) is 1.06. The fraction of sp³-hybridized carbons (Fsp3) is 0.636. The molecule has 0 amide bonds. The van der Waals surface area contributed by atoms with Crippen LogP contribution in [0.15, 0.2) is 10.3 Å². The lowest BCUT2D eigenvalue weighted by atomic mass is 10.3. The molecule has 0 bridgehead atoms. The van der Waals surface area contributed by atoms with Gasteiger partial charge in [0.2, 0.25) is 0 Å². The van der Waals surface area contributed by atoms with Gasteiger partial charge >= 0.3 is 0 Å². The van der Waals surface area contributed by atoms with Crippen molar-refractivity contribution in [3.63, 3.8) is 0 Å². The van der Waals surface area contributed by atoms with E-state index in [1.54, 1.807) is 10.4 Å². The van der Waals surface area contributed by atoms with Gasteiger partial charge in [-0.1, -0.05) is 0 Å². The summed E-state index contributed by atoms with van der Waals surface area (Å²) in [5.74, 6) is 0. The summed E-state index contributed by atoms with van der Waals surface area (Å²) in [4.78, 5) is 1.10. The lowest BCUT2D eigenvalue weighted by Crippen LogP contribution is -2.27. The van der Waals surface area contributed by atoms with Crippen LogP contribution in [0.3, 0.4) is 0 Å². The fourth-order valence-corrected chi connectivity index (χ4v) is 5.28. The van der Waals surface area contributed by atoms with E-state index in [0.29, 0.717) is 17.3 Å². The number of nitrogens with zero attached hydrogens (tertiary/aromatic N) is 1. The molecule has 6 heteroatoms. The predicted molar refractivity (Wildman–Crippen MR) is 69.8 cm³/mol. The Bertz CT molecular complexity index is 488. The molecule has 0 unspecified atom stereocenters. The standard InChI is InChI=1S/C11H18N2O2S2/c1-9-7-11(16-10(9)8-12-2)17(14,15)13-5-3-4-6-13/h7,12H,3-6,8H2,1-2H3. The summed E-state index contributed by atoms with van der Waals surface area (Å²) < 4.78 is 26.7. The smallest absolute Gasteiger partial charge is 0.252 e. The van der Waals surface area contributed by atoms with E-state index in [2.05, 4.69) is 5.32 Å². The molecular weight excluding hydrogens is 256 g/mol. The van der Waals surface area contributed by atoms with Crippen molar-refractivity contribution < 1.29 is 8.42 Å². The maximum absolute atomic E-state index is 12.3. The van der Waals surface area contributed by atoms with Crippen LogP contribution in [0, 0.1) is 6.92 Å². The third-order valence-corrected chi connectivity index (χ3v) is 6.58. The lowest BCUT2D eigenvalue weighted by Gasteiger charge is -2.13. The van der Waals surface area contributed by atoms with Gasteiger partial charge in [-0.15, -0.1) is 11.3 Å². The topological polar surface area (TPSA) is 49.4 Å². The van der Waals surface area contributed by atoms with Crippen LogP contribution in [0.25, 0.3) is 0 Å². The molecule has 1 aliphatic heterocycles. The van der Waals surface area contributed by atoms with Crippen LogP contribution in [-0.2, 0) is 16.6 Å². The maximum Gasteiger partial charge on any atom is 0.252 e. The van der Waals surface area contributed by atoms with Crippen molar-refractivity contribution >= 4 is 21.4 Å². The van der Waals surface area contributed by atoms with E-state index in [-0.39, 0.29) is 0 Å². The average molecular weight is 274 g/mol. The third-order valence-electron chi connectivity index (χ3n) is 2.99. The molecule has 0 radical (unpaired) electrons. The molecule has 0 spiro atoms. The van der Waals surface area contributed by atoms with E-state index in [0.717, 1.165) is 29.8 Å². The highest BCUT2D eigenvalue weighted by Crippen LogP contribution is 2.29. The molecule has 1 aromatic rings. The van der Waals surface area contributed by atoms with Crippen molar-refractivity contribution in [2.24, 2.45) is 0 Å². The Morgan fingerprint density at radius 3 is 2.65 bits per heavy atom. The first-order valence-corrected chi connectivity index (χ1v) is 8.05. The molecule has 0 aromatic carbocycles. The molecule has 0 saturated carbocycles. The normalized spacial score (nSPS) is 17.8. The Labute approximate surface area is 107 Å². The quantitative estimate of drug-likeness (QED) is 0.906. The number of hydrogen-bond acceptors (Lipinski definition) is 4. The molecule has 1 aliphatic rings. The number of rotatable bonds is 4. The predicted octanol–water partition coefficient (Wildman–Crippen LogP) is 1.56. The first-order valence-electron chi connectivity index (χ1n) is 5.80. The first-order chi connectivity index (χ1) is 8.05. The third kappa shape index (κ3) is 2.54. The van der Waals surface area contributed by atoms with Gasteiger partial charge in [0, 0.05) is 24.5 Å². The van der Waals surface area contributed by atoms with Crippen molar-refractivity contribution in [2.75, 3.05) is 20.1 Å². The molecular formula is C11H18N2O2S2. The molecule has 0 aliphatic carbocycles. The summed E-state index contributed by atoms with van der Waals surface area (Å²) in [6.45, 7) is 4.03. The van der Waals surface area contributed by atoms with Gasteiger partial charge in [-0.3, -0.25) is 0 Å². The highest BCUT2D eigenvalue weighted by Gasteiger charge is 2.29. The first kappa shape index (κ1) is 13.0. The molecule has 1 aromatic heterocycles. The highest BCUT2D eigenvalue weighted by atomic mass is 32.2. The van der Waals surface area contributed by atoms with Crippen LogP contribution < -0.4 is 5.32 Å². The van der Waals surface area contributed by atoms with E-state index >= 15 is 0 Å². The minimum Gasteiger partial charge on any atom is -0.315 e. The van der Waals surface area contributed by atoms with E-state index in [4.69, 9.17) is 0 Å². The van der Waals surface area contributed by atoms with Crippen LogP contribution in [-0.4, -0.2) is 32.9 Å². The van der Waals surface area contributed by atoms with Crippen molar-refractivity contribution in [2.45, 2.75) is 30.5 Å². The van der Waals surface area contributed by atoms with Gasteiger partial charge in [0.05, 0.1) is 0 Å². The molecule has 96 valence electrons. The second-order valence-corrected chi connectivity index (χ2v) is 7.61. The van der Waals surface area contributed by atoms with E-state index in [1.807, 2.05) is 14.0 Å². The molecule has 1 fully saturated rings. The number of hydrogen-bond donors (Lipinski definition) is 1. The molecule has 2 heterocycles. The average Bonchev–Trinajstić information content (AvgIpc) is 2.89. The minimum absolute atomic E-state index is 0.488. The SMILES string of the molecule is CNCc1sc(S(=O)(=O)N2CCCC2)cc1C. The lowest BCUT2D eigenvalue weighted by molar-refractivity contribution is 0.479. The molecule has 1 N–H and O–H groups in total. The Kier molecular flexibility index (Phi) is 3.87. The number of aryl methyl sites for hydroxylation is 1. The zero-order valence-corrected chi connectivity index (χ0v) is 11.8. The zero-order chi connectivity index (χ0) is 12.5. The van der Waals surface area contributed by atoms with E-state index in [9.17, 15) is 8.42 Å². The van der Waals surface area contributed by atoms with E-state index in [1.165, 1.54) is 11.3 Å². The molecule has 1 saturated heterocycles. The Morgan fingerprint density at radius 2 is 2.06 bits per heavy atom. The Morgan fingerprint density at radius 1 is 1.41 bits per heavy atom. The number of thiophene rings is 1. The summed E-state index contributed by atoms with van der Waals surface area (Å²) in [5, 5.41) is 3.06. The zero-order valence-electron chi connectivity index (χ0n) is 10.2. The summed E-state index contributed by atoms with van der Waals surface area (Å²) >= 11 is 1.39. The van der Waals surface area contributed by atoms with Crippen LogP contribution in [0.1, 0.15) is 23.3 Å². The number of nitrogens with one attached hydrogen (secondary N) is 1. The van der Waals surface area contributed by atoms with Gasteiger partial charge < -0.3 is 5.32 Å². The molecule has 0 atom stereocenters. The van der Waals surface area contributed by atoms with Crippen LogP contribution in [0.4, 0.5) is 0 Å². The van der Waals surface area contributed by atoms with Crippen LogP contribution in [0.5, 0.6) is 0 Å². The summed E-state index contributed by atoms with van der Waals surface area (Å²) in [6, 6.07) is 1.80. The van der Waals surface area contributed by atoms with Crippen molar-refractivity contribution in [3.8, 4) is 0 Å². The van der Waals surface area contributed by atoms with Crippen LogP contribution >= 0.6 is 11.3 Å². The molecule has 4 nitrogen and oxygen atoms in total. The van der Waals surface area contributed by atoms with Crippen molar-refractivity contribution in [3.05, 3.63) is 16.5 Å². The van der Waals surface area contributed by atoms with Gasteiger partial charge in [-0.05, 0) is 38.4 Å². The monoisotopic (exact) mass is 274 g/mol. The highest BCUT2D eigenvalue weighted by molar-refractivity contribution is 7.91. The summed E-state index contributed by atoms with van der Waals surface area (Å²) in [6.07, 6.45) is 1.96. The number of sulfonamides is 1. The largest absolute Gasteiger partial charge is 0.315 e.